The number of hydrogen-bond donors (Lipinski definition) is 1. The van der Waals surface area contributed by atoms with E-state index in [2.05, 4.69) is 5.32 Å². The van der Waals surface area contributed by atoms with Crippen LogP contribution in [-0.4, -0.2) is 47.2 Å². The van der Waals surface area contributed by atoms with Gasteiger partial charge in [0.1, 0.15) is 11.8 Å². The molecule has 3 aliphatic heterocycles. The third-order valence-corrected chi connectivity index (χ3v) is 7.94. The molecule has 7 nitrogen and oxygen atoms in total. The Morgan fingerprint density at radius 1 is 0.974 bits per heavy atom. The molecule has 192 valence electrons. The summed E-state index contributed by atoms with van der Waals surface area (Å²) in [7, 11) is 1.51. The van der Waals surface area contributed by atoms with Crippen LogP contribution in [0.15, 0.2) is 79.0 Å². The van der Waals surface area contributed by atoms with Crippen molar-refractivity contribution < 1.29 is 19.1 Å². The van der Waals surface area contributed by atoms with Crippen molar-refractivity contribution in [3.05, 3.63) is 101 Å². The van der Waals surface area contributed by atoms with Crippen molar-refractivity contribution >= 4 is 41.1 Å². The summed E-state index contributed by atoms with van der Waals surface area (Å²) in [6, 6.07) is 21.2. The van der Waals surface area contributed by atoms with Crippen molar-refractivity contribution in [1.82, 2.24) is 9.80 Å². The maximum atomic E-state index is 13.9. The molecule has 2 fully saturated rings. The fourth-order valence-electron chi connectivity index (χ4n) is 6.01. The average molecular weight is 528 g/mol. The molecule has 3 aliphatic rings. The van der Waals surface area contributed by atoms with Crippen molar-refractivity contribution in [2.45, 2.75) is 18.5 Å². The van der Waals surface area contributed by atoms with Crippen molar-refractivity contribution in [2.24, 2.45) is 11.8 Å². The van der Waals surface area contributed by atoms with Gasteiger partial charge in [0, 0.05) is 17.8 Å². The Hall–Kier alpha value is -4.10. The normalized spacial score (nSPS) is 23.2. The summed E-state index contributed by atoms with van der Waals surface area (Å²) in [6.45, 7) is 0.273. The molecule has 1 N–H and O–H groups in total. The number of nitrogens with one attached hydrogen (secondary N) is 1. The van der Waals surface area contributed by atoms with E-state index >= 15 is 0 Å². The lowest BCUT2D eigenvalue weighted by Crippen LogP contribution is -2.46. The van der Waals surface area contributed by atoms with E-state index < -0.39 is 29.8 Å². The molecule has 0 spiro atoms. The average Bonchev–Trinajstić information content (AvgIpc) is 3.40. The number of halogens is 1. The number of benzene rings is 3. The Balaban J connectivity index is 1.36. The second-order valence-corrected chi connectivity index (χ2v) is 10.2. The van der Waals surface area contributed by atoms with Gasteiger partial charge in [0.2, 0.25) is 17.7 Å². The number of amides is 3. The first kappa shape index (κ1) is 24.2. The molecule has 8 heteroatoms. The van der Waals surface area contributed by atoms with Gasteiger partial charge in [0.15, 0.2) is 0 Å². The van der Waals surface area contributed by atoms with Crippen molar-refractivity contribution in [1.29, 1.82) is 0 Å². The van der Waals surface area contributed by atoms with Gasteiger partial charge in [-0.1, -0.05) is 66.2 Å². The molecular formula is C30H26ClN3O4. The second kappa shape index (κ2) is 9.65. The van der Waals surface area contributed by atoms with Crippen molar-refractivity contribution in [3.63, 3.8) is 0 Å². The maximum absolute atomic E-state index is 13.9. The number of anilines is 1. The van der Waals surface area contributed by atoms with E-state index in [-0.39, 0.29) is 18.4 Å². The van der Waals surface area contributed by atoms with Gasteiger partial charge in [-0.15, -0.1) is 0 Å². The number of carbonyl (C=O) groups excluding carboxylic acids is 3. The number of likely N-dealkylation sites (tertiary alicyclic amines) is 1. The molecule has 6 rings (SSSR count). The number of fused-ring (bicyclic) bond motifs is 5. The number of carbonyl (C=O) groups is 3. The number of ether oxygens (including phenoxy) is 1. The first-order chi connectivity index (χ1) is 18.5. The minimum absolute atomic E-state index is 0.230. The SMILES string of the molecule is COc1ccc(Cl)cc1NC(=O)[C@@H]1[C@@H]2C(=O)N(CCc3ccccc3)C(=O)[C@H]2[C@@H]2c3ccccc3C=CN12. The van der Waals surface area contributed by atoms with Crippen LogP contribution < -0.4 is 10.1 Å². The quantitative estimate of drug-likeness (QED) is 0.476. The van der Waals surface area contributed by atoms with Gasteiger partial charge < -0.3 is 15.0 Å². The number of imide groups is 1. The standard InChI is InChI=1S/C30H26ClN3O4/c1-38-23-12-11-20(31)17-22(23)32-28(35)27-25-24(26-21-10-6-5-9-19(21)14-16-33(26)27)29(36)34(30(25)37)15-13-18-7-3-2-4-8-18/h2-12,14,16-17,24-27H,13,15H2,1H3,(H,32,35)/t24-,25-,26+,27+/m1/s1. The van der Waals surface area contributed by atoms with E-state index in [0.29, 0.717) is 22.9 Å². The minimum Gasteiger partial charge on any atom is -0.495 e. The fraction of sp³-hybridized carbons (Fsp3) is 0.233. The van der Waals surface area contributed by atoms with E-state index in [9.17, 15) is 14.4 Å². The molecule has 4 atom stereocenters. The zero-order chi connectivity index (χ0) is 26.4. The highest BCUT2D eigenvalue weighted by molar-refractivity contribution is 6.31. The highest BCUT2D eigenvalue weighted by Gasteiger charge is 2.64. The lowest BCUT2D eigenvalue weighted by Gasteiger charge is -2.35. The van der Waals surface area contributed by atoms with Crippen LogP contribution in [0.5, 0.6) is 5.75 Å². The highest BCUT2D eigenvalue weighted by atomic mass is 35.5. The molecule has 3 aromatic carbocycles. The predicted molar refractivity (Wildman–Crippen MR) is 144 cm³/mol. The van der Waals surface area contributed by atoms with Gasteiger partial charge in [-0.25, -0.2) is 0 Å². The first-order valence-corrected chi connectivity index (χ1v) is 12.9. The van der Waals surface area contributed by atoms with Crippen LogP contribution in [0, 0.1) is 11.8 Å². The third kappa shape index (κ3) is 3.94. The summed E-state index contributed by atoms with van der Waals surface area (Å²) >= 11 is 6.19. The Morgan fingerprint density at radius 2 is 1.71 bits per heavy atom. The van der Waals surface area contributed by atoms with Crippen LogP contribution in [0.1, 0.15) is 22.7 Å². The molecule has 3 amide bonds. The number of methoxy groups -OCH3 is 1. The molecule has 0 bridgehead atoms. The number of hydrogen-bond acceptors (Lipinski definition) is 5. The fourth-order valence-corrected chi connectivity index (χ4v) is 6.18. The van der Waals surface area contributed by atoms with Gasteiger partial charge in [0.25, 0.3) is 0 Å². The molecule has 3 aromatic rings. The zero-order valence-electron chi connectivity index (χ0n) is 20.7. The number of rotatable bonds is 6. The summed E-state index contributed by atoms with van der Waals surface area (Å²) in [5.41, 5.74) is 3.36. The van der Waals surface area contributed by atoms with E-state index in [1.165, 1.54) is 12.0 Å². The predicted octanol–water partition coefficient (Wildman–Crippen LogP) is 4.54. The topological polar surface area (TPSA) is 79.0 Å². The van der Waals surface area contributed by atoms with Crippen LogP contribution in [0.4, 0.5) is 5.69 Å². The Bertz CT molecular complexity index is 1460. The Labute approximate surface area is 225 Å². The van der Waals surface area contributed by atoms with Crippen LogP contribution in [0.3, 0.4) is 0 Å². The smallest absolute Gasteiger partial charge is 0.248 e. The third-order valence-electron chi connectivity index (χ3n) is 7.71. The second-order valence-electron chi connectivity index (χ2n) is 9.73. The van der Waals surface area contributed by atoms with Crippen molar-refractivity contribution in [3.8, 4) is 5.75 Å². The largest absolute Gasteiger partial charge is 0.495 e. The maximum Gasteiger partial charge on any atom is 0.248 e. The lowest BCUT2D eigenvalue weighted by molar-refractivity contribution is -0.142. The van der Waals surface area contributed by atoms with Crippen LogP contribution in [0.25, 0.3) is 6.08 Å². The summed E-state index contributed by atoms with van der Waals surface area (Å²) in [6.07, 6.45) is 4.31. The molecule has 3 heterocycles. The van der Waals surface area contributed by atoms with E-state index in [1.807, 2.05) is 71.8 Å². The van der Waals surface area contributed by atoms with Gasteiger partial charge in [0.05, 0.1) is 30.7 Å². The molecular weight excluding hydrogens is 502 g/mol. The molecule has 0 aromatic heterocycles. The van der Waals surface area contributed by atoms with Crippen molar-refractivity contribution in [2.75, 3.05) is 19.0 Å². The minimum atomic E-state index is -0.878. The van der Waals surface area contributed by atoms with Crippen LogP contribution >= 0.6 is 11.6 Å². The molecule has 38 heavy (non-hydrogen) atoms. The molecule has 0 unspecified atom stereocenters. The summed E-state index contributed by atoms with van der Waals surface area (Å²) in [5.74, 6) is -1.96. The summed E-state index contributed by atoms with van der Waals surface area (Å²) < 4.78 is 5.40. The zero-order valence-corrected chi connectivity index (χ0v) is 21.5. The highest BCUT2D eigenvalue weighted by Crippen LogP contribution is 2.52. The van der Waals surface area contributed by atoms with Gasteiger partial charge >= 0.3 is 0 Å². The molecule has 2 saturated heterocycles. The van der Waals surface area contributed by atoms with E-state index in [4.69, 9.17) is 16.3 Å². The Morgan fingerprint density at radius 3 is 2.50 bits per heavy atom. The Kier molecular flexibility index (Phi) is 6.16. The monoisotopic (exact) mass is 527 g/mol. The lowest BCUT2D eigenvalue weighted by atomic mass is 9.84. The summed E-state index contributed by atoms with van der Waals surface area (Å²) in [4.78, 5) is 44.8. The van der Waals surface area contributed by atoms with Gasteiger partial charge in [-0.2, -0.15) is 0 Å². The first-order valence-electron chi connectivity index (χ1n) is 12.6. The molecule has 0 saturated carbocycles. The van der Waals surface area contributed by atoms with Gasteiger partial charge in [-0.3, -0.25) is 19.3 Å². The summed E-state index contributed by atoms with van der Waals surface area (Å²) in [5, 5.41) is 3.36. The molecule has 0 radical (unpaired) electrons. The number of nitrogens with zero attached hydrogens (tertiary/aromatic N) is 2. The van der Waals surface area contributed by atoms with E-state index in [1.54, 1.807) is 18.2 Å². The van der Waals surface area contributed by atoms with Crippen LogP contribution in [-0.2, 0) is 20.8 Å². The van der Waals surface area contributed by atoms with Crippen LogP contribution in [0.2, 0.25) is 5.02 Å². The molecule has 0 aliphatic carbocycles. The van der Waals surface area contributed by atoms with Gasteiger partial charge in [-0.05, 0) is 47.4 Å². The van der Waals surface area contributed by atoms with E-state index in [0.717, 1.165) is 16.7 Å².